The highest BCUT2D eigenvalue weighted by molar-refractivity contribution is 9.10. The number of hydrogen-bond acceptors (Lipinski definition) is 6. The summed E-state index contributed by atoms with van der Waals surface area (Å²) >= 11 is 15.9. The van der Waals surface area contributed by atoms with Gasteiger partial charge in [0.25, 0.3) is 5.91 Å². The first-order valence-electron chi connectivity index (χ1n) is 11.4. The number of nitrogens with zero attached hydrogens (tertiary/aromatic N) is 4. The molecule has 4 heterocycles. The second-order valence-electron chi connectivity index (χ2n) is 8.39. The number of hydrogen-bond donors (Lipinski definition) is 1. The molecule has 0 spiro atoms. The van der Waals surface area contributed by atoms with Crippen LogP contribution in [0.25, 0.3) is 10.9 Å². The number of amides is 1. The summed E-state index contributed by atoms with van der Waals surface area (Å²) in [5, 5.41) is 9.03. The van der Waals surface area contributed by atoms with Crippen LogP contribution in [0.5, 0.6) is 5.75 Å². The van der Waals surface area contributed by atoms with Crippen LogP contribution in [0.2, 0.25) is 10.0 Å². The van der Waals surface area contributed by atoms with Crippen molar-refractivity contribution in [3.63, 3.8) is 0 Å². The lowest BCUT2D eigenvalue weighted by atomic mass is 10.1. The molecular weight excluding hydrogens is 569 g/mol. The van der Waals surface area contributed by atoms with Gasteiger partial charge in [0, 0.05) is 30.0 Å². The monoisotopic (exact) mass is 589 g/mol. The van der Waals surface area contributed by atoms with Gasteiger partial charge in [-0.3, -0.25) is 9.78 Å². The Morgan fingerprint density at radius 1 is 1.19 bits per heavy atom. The van der Waals surface area contributed by atoms with Crippen LogP contribution in [0.3, 0.4) is 0 Å². The number of halogens is 3. The molecule has 1 aliphatic heterocycles. The third-order valence-electron chi connectivity index (χ3n) is 5.92. The van der Waals surface area contributed by atoms with Gasteiger partial charge in [-0.2, -0.15) is 5.10 Å². The Kier molecular flexibility index (Phi) is 7.43. The largest absolute Gasteiger partial charge is 0.486 e. The molecule has 1 fully saturated rings. The first-order valence-corrected chi connectivity index (χ1v) is 13.0. The van der Waals surface area contributed by atoms with Crippen molar-refractivity contribution in [3.05, 3.63) is 74.8 Å². The number of aromatic nitrogens is 4. The summed E-state index contributed by atoms with van der Waals surface area (Å²) in [5.41, 5.74) is 2.24. The zero-order chi connectivity index (χ0) is 25.2. The standard InChI is InChI=1S/C25H22BrCl2N5O3/c1-14(23-18(27)12-29-13-19(23)28)36-16-6-7-20-17(10-16)24(32-33(20)22-4-2-3-9-35-22)25(34)31-15-5-8-21(26)30-11-15/h5-8,10-14,22H,2-4,9H2,1H3,(H,31,34). The van der Waals surface area contributed by atoms with Gasteiger partial charge in [0.15, 0.2) is 11.9 Å². The van der Waals surface area contributed by atoms with Crippen molar-refractivity contribution in [2.75, 3.05) is 11.9 Å². The minimum Gasteiger partial charge on any atom is -0.486 e. The van der Waals surface area contributed by atoms with Crippen LogP contribution in [-0.2, 0) is 4.74 Å². The van der Waals surface area contributed by atoms with E-state index in [-0.39, 0.29) is 17.8 Å². The van der Waals surface area contributed by atoms with E-state index in [1.165, 1.54) is 12.4 Å². The fourth-order valence-electron chi connectivity index (χ4n) is 4.21. The molecule has 0 saturated carbocycles. The molecule has 0 radical (unpaired) electrons. The Balaban J connectivity index is 1.51. The molecule has 0 aliphatic carbocycles. The summed E-state index contributed by atoms with van der Waals surface area (Å²) in [6, 6.07) is 9.04. The summed E-state index contributed by atoms with van der Waals surface area (Å²) in [4.78, 5) is 21.5. The van der Waals surface area contributed by atoms with Gasteiger partial charge >= 0.3 is 0 Å². The van der Waals surface area contributed by atoms with Crippen LogP contribution in [0.4, 0.5) is 5.69 Å². The van der Waals surface area contributed by atoms with Crippen LogP contribution in [0.1, 0.15) is 54.6 Å². The van der Waals surface area contributed by atoms with Gasteiger partial charge in [-0.1, -0.05) is 23.2 Å². The molecule has 1 aromatic carbocycles. The molecule has 4 aromatic rings. The number of rotatable bonds is 6. The molecule has 1 saturated heterocycles. The average molecular weight is 591 g/mol. The number of pyridine rings is 2. The van der Waals surface area contributed by atoms with Crippen molar-refractivity contribution < 1.29 is 14.3 Å². The van der Waals surface area contributed by atoms with Gasteiger partial charge < -0.3 is 14.8 Å². The van der Waals surface area contributed by atoms with E-state index in [1.54, 1.807) is 29.1 Å². The number of fused-ring (bicyclic) bond motifs is 1. The first kappa shape index (κ1) is 25.0. The van der Waals surface area contributed by atoms with E-state index in [4.69, 9.17) is 32.7 Å². The van der Waals surface area contributed by atoms with Crippen LogP contribution >= 0.6 is 39.1 Å². The predicted molar refractivity (Wildman–Crippen MR) is 142 cm³/mol. The molecule has 8 nitrogen and oxygen atoms in total. The Morgan fingerprint density at radius 3 is 2.69 bits per heavy atom. The summed E-state index contributed by atoms with van der Waals surface area (Å²) in [5.74, 6) is 0.187. The molecule has 3 aromatic heterocycles. The second-order valence-corrected chi connectivity index (χ2v) is 10.0. The van der Waals surface area contributed by atoms with E-state index in [0.29, 0.717) is 43.6 Å². The lowest BCUT2D eigenvalue weighted by Crippen LogP contribution is -2.20. The van der Waals surface area contributed by atoms with Gasteiger partial charge in [-0.05, 0) is 72.4 Å². The van der Waals surface area contributed by atoms with Crippen molar-refractivity contribution in [1.82, 2.24) is 19.7 Å². The first-order chi connectivity index (χ1) is 17.4. The Morgan fingerprint density at radius 2 is 2.00 bits per heavy atom. The fourth-order valence-corrected chi connectivity index (χ4v) is 5.12. The second kappa shape index (κ2) is 10.7. The summed E-state index contributed by atoms with van der Waals surface area (Å²) in [7, 11) is 0. The topological polar surface area (TPSA) is 91.2 Å². The lowest BCUT2D eigenvalue weighted by Gasteiger charge is -2.23. The maximum atomic E-state index is 13.3. The average Bonchev–Trinajstić information content (AvgIpc) is 3.25. The Labute approximate surface area is 226 Å². The number of carbonyl (C=O) groups is 1. The molecule has 11 heteroatoms. The molecule has 1 N–H and O–H groups in total. The van der Waals surface area contributed by atoms with Gasteiger partial charge in [-0.25, -0.2) is 9.67 Å². The predicted octanol–water partition coefficient (Wildman–Crippen LogP) is 6.99. The van der Waals surface area contributed by atoms with Crippen LogP contribution in [0.15, 0.2) is 53.5 Å². The Hall–Kier alpha value is -2.72. The van der Waals surface area contributed by atoms with Crippen LogP contribution in [0, 0.1) is 0 Å². The van der Waals surface area contributed by atoms with E-state index < -0.39 is 6.10 Å². The third-order valence-corrected chi connectivity index (χ3v) is 6.99. The summed E-state index contributed by atoms with van der Waals surface area (Å²) in [6.07, 6.45) is 6.80. The van der Waals surface area contributed by atoms with Gasteiger partial charge in [0.2, 0.25) is 0 Å². The maximum absolute atomic E-state index is 13.3. The van der Waals surface area contributed by atoms with Gasteiger partial charge in [-0.15, -0.1) is 0 Å². The van der Waals surface area contributed by atoms with Crippen molar-refractivity contribution in [3.8, 4) is 5.75 Å². The van der Waals surface area contributed by atoms with E-state index in [2.05, 4.69) is 36.3 Å². The molecule has 2 atom stereocenters. The zero-order valence-electron chi connectivity index (χ0n) is 19.2. The molecule has 5 rings (SSSR count). The number of anilines is 1. The highest BCUT2D eigenvalue weighted by Crippen LogP contribution is 2.35. The van der Waals surface area contributed by atoms with Crippen LogP contribution in [-0.4, -0.2) is 32.3 Å². The third kappa shape index (κ3) is 5.20. The quantitative estimate of drug-likeness (QED) is 0.243. The number of benzene rings is 1. The Bertz CT molecular complexity index is 1390. The van der Waals surface area contributed by atoms with Crippen molar-refractivity contribution in [2.45, 2.75) is 38.5 Å². The van der Waals surface area contributed by atoms with E-state index in [0.717, 1.165) is 24.8 Å². The number of ether oxygens (including phenoxy) is 2. The van der Waals surface area contributed by atoms with E-state index in [1.807, 2.05) is 19.1 Å². The molecule has 0 bridgehead atoms. The SMILES string of the molecule is CC(Oc1ccc2c(c1)c(C(=O)Nc1ccc(Br)nc1)nn2C1CCCCO1)c1c(Cl)cncc1Cl. The van der Waals surface area contributed by atoms with Crippen molar-refractivity contribution in [1.29, 1.82) is 0 Å². The molecule has 36 heavy (non-hydrogen) atoms. The molecule has 2 unspecified atom stereocenters. The highest BCUT2D eigenvalue weighted by Gasteiger charge is 2.25. The summed E-state index contributed by atoms with van der Waals surface area (Å²) < 4.78 is 14.6. The van der Waals surface area contributed by atoms with Crippen molar-refractivity contribution >= 4 is 61.6 Å². The molecule has 1 aliphatic rings. The minimum absolute atomic E-state index is 0.239. The van der Waals surface area contributed by atoms with E-state index >= 15 is 0 Å². The maximum Gasteiger partial charge on any atom is 0.276 e. The number of carbonyl (C=O) groups excluding carboxylic acids is 1. The zero-order valence-corrected chi connectivity index (χ0v) is 22.3. The fraction of sp³-hybridized carbons (Fsp3) is 0.280. The van der Waals surface area contributed by atoms with Gasteiger partial charge in [0.05, 0.1) is 27.4 Å². The van der Waals surface area contributed by atoms with Crippen LogP contribution < -0.4 is 10.1 Å². The molecule has 1 amide bonds. The van der Waals surface area contributed by atoms with E-state index in [9.17, 15) is 4.79 Å². The highest BCUT2D eigenvalue weighted by atomic mass is 79.9. The number of nitrogens with one attached hydrogen (secondary N) is 1. The minimum atomic E-state index is -0.451. The lowest BCUT2D eigenvalue weighted by molar-refractivity contribution is -0.0367. The summed E-state index contributed by atoms with van der Waals surface area (Å²) in [6.45, 7) is 2.51. The van der Waals surface area contributed by atoms with Gasteiger partial charge in [0.1, 0.15) is 16.5 Å². The molecule has 186 valence electrons. The smallest absolute Gasteiger partial charge is 0.276 e. The molecular formula is C25H22BrCl2N5O3. The normalized spacial score (nSPS) is 16.6. The van der Waals surface area contributed by atoms with Crippen molar-refractivity contribution in [2.24, 2.45) is 0 Å².